The Balaban J connectivity index is 1.91. The first kappa shape index (κ1) is 21.0. The van der Waals surface area contributed by atoms with Crippen LogP contribution in [0.5, 0.6) is 11.5 Å². The molecule has 0 aliphatic carbocycles. The fraction of sp³-hybridized carbons (Fsp3) is 0.190. The van der Waals surface area contributed by atoms with E-state index in [0.717, 1.165) is 0 Å². The number of hydrogen-bond acceptors (Lipinski definition) is 6. The maximum absolute atomic E-state index is 12.8. The lowest BCUT2D eigenvalue weighted by Gasteiger charge is -2.12. The molecule has 2 aromatic carbocycles. The Morgan fingerprint density at radius 1 is 1.21 bits per heavy atom. The Bertz CT molecular complexity index is 1140. The van der Waals surface area contributed by atoms with Crippen LogP contribution in [0.25, 0.3) is 10.9 Å². The lowest BCUT2D eigenvalue weighted by atomic mass is 10.1. The summed E-state index contributed by atoms with van der Waals surface area (Å²) >= 11 is 7.22. The van der Waals surface area contributed by atoms with E-state index < -0.39 is 0 Å². The van der Waals surface area contributed by atoms with E-state index in [1.807, 2.05) is 0 Å². The zero-order chi connectivity index (χ0) is 21.0. The van der Waals surface area contributed by atoms with E-state index in [-0.39, 0.29) is 23.6 Å². The molecule has 0 atom stereocenters. The van der Waals surface area contributed by atoms with Crippen LogP contribution in [0.15, 0.2) is 59.0 Å². The van der Waals surface area contributed by atoms with Crippen LogP contribution in [0.4, 0.5) is 0 Å². The van der Waals surface area contributed by atoms with E-state index in [0.29, 0.717) is 38.1 Å². The van der Waals surface area contributed by atoms with Gasteiger partial charge in [-0.2, -0.15) is 0 Å². The van der Waals surface area contributed by atoms with Gasteiger partial charge in [-0.25, -0.2) is 4.98 Å². The zero-order valence-electron chi connectivity index (χ0n) is 16.0. The highest BCUT2D eigenvalue weighted by atomic mass is 35.5. The van der Waals surface area contributed by atoms with Crippen molar-refractivity contribution in [1.82, 2.24) is 9.55 Å². The molecule has 0 bridgehead atoms. The molecule has 0 saturated heterocycles. The Labute approximate surface area is 177 Å². The van der Waals surface area contributed by atoms with Crippen LogP contribution in [0.2, 0.25) is 5.02 Å². The van der Waals surface area contributed by atoms with Crippen LogP contribution in [0.1, 0.15) is 10.4 Å². The molecule has 0 fully saturated rings. The minimum Gasteiger partial charge on any atom is -0.493 e. The number of hydrogen-bond donors (Lipinski definition) is 0. The number of ether oxygens (including phenoxy) is 2. The number of carbonyl (C=O) groups is 1. The number of halogens is 1. The number of ketones is 1. The summed E-state index contributed by atoms with van der Waals surface area (Å²) in [5.41, 5.74) is 0.771. The molecule has 1 aromatic heterocycles. The number of thioether (sulfide) groups is 1. The van der Waals surface area contributed by atoms with Crippen LogP contribution in [-0.4, -0.2) is 35.3 Å². The first-order chi connectivity index (χ1) is 14.0. The molecule has 29 heavy (non-hydrogen) atoms. The van der Waals surface area contributed by atoms with Gasteiger partial charge in [-0.1, -0.05) is 29.4 Å². The van der Waals surface area contributed by atoms with Crippen molar-refractivity contribution in [3.63, 3.8) is 0 Å². The summed E-state index contributed by atoms with van der Waals surface area (Å²) in [6.07, 6.45) is 1.62. The monoisotopic (exact) mass is 430 g/mol. The van der Waals surface area contributed by atoms with Crippen molar-refractivity contribution >= 4 is 40.0 Å². The molecule has 6 nitrogen and oxygen atoms in total. The maximum atomic E-state index is 12.8. The number of aromatic nitrogens is 2. The van der Waals surface area contributed by atoms with Gasteiger partial charge in [0.15, 0.2) is 22.4 Å². The lowest BCUT2D eigenvalue weighted by molar-refractivity contribution is 0.102. The minimum atomic E-state index is -0.201. The summed E-state index contributed by atoms with van der Waals surface area (Å²) in [4.78, 5) is 30.0. The molecule has 8 heteroatoms. The topological polar surface area (TPSA) is 70.4 Å². The van der Waals surface area contributed by atoms with E-state index in [1.54, 1.807) is 42.5 Å². The number of nitrogens with zero attached hydrogens (tertiary/aromatic N) is 2. The second-order valence-electron chi connectivity index (χ2n) is 6.04. The Hall–Kier alpha value is -2.77. The number of allylic oxidation sites excluding steroid dienone is 1. The third-order valence-electron chi connectivity index (χ3n) is 4.23. The summed E-state index contributed by atoms with van der Waals surface area (Å²) in [5, 5.41) is 1.38. The second-order valence-corrected chi connectivity index (χ2v) is 7.42. The first-order valence-corrected chi connectivity index (χ1v) is 10.0. The van der Waals surface area contributed by atoms with Gasteiger partial charge in [0.2, 0.25) is 0 Å². The van der Waals surface area contributed by atoms with Gasteiger partial charge in [0.05, 0.1) is 30.9 Å². The number of rotatable bonds is 8. The van der Waals surface area contributed by atoms with Crippen molar-refractivity contribution in [2.75, 3.05) is 20.0 Å². The normalized spacial score (nSPS) is 10.7. The Morgan fingerprint density at radius 3 is 2.66 bits per heavy atom. The van der Waals surface area contributed by atoms with Gasteiger partial charge >= 0.3 is 0 Å². The Morgan fingerprint density at radius 2 is 1.97 bits per heavy atom. The van der Waals surface area contributed by atoms with Crippen molar-refractivity contribution in [3.05, 3.63) is 70.0 Å². The fourth-order valence-electron chi connectivity index (χ4n) is 2.80. The van der Waals surface area contributed by atoms with Crippen LogP contribution < -0.4 is 15.0 Å². The number of carbonyl (C=O) groups excluding carboxylic acids is 1. The summed E-state index contributed by atoms with van der Waals surface area (Å²) in [6.45, 7) is 3.99. The van der Waals surface area contributed by atoms with Crippen molar-refractivity contribution in [1.29, 1.82) is 0 Å². The van der Waals surface area contributed by atoms with Gasteiger partial charge in [-0.05, 0) is 36.4 Å². The molecule has 0 aliphatic rings. The summed E-state index contributed by atoms with van der Waals surface area (Å²) in [6, 6.07) is 9.92. The molecule has 0 unspecified atom stereocenters. The van der Waals surface area contributed by atoms with Crippen molar-refractivity contribution < 1.29 is 14.3 Å². The molecule has 1 heterocycles. The van der Waals surface area contributed by atoms with E-state index in [9.17, 15) is 9.59 Å². The van der Waals surface area contributed by atoms with Gasteiger partial charge in [-0.3, -0.25) is 14.2 Å². The molecule has 0 radical (unpaired) electrons. The van der Waals surface area contributed by atoms with Crippen molar-refractivity contribution in [2.45, 2.75) is 11.7 Å². The third kappa shape index (κ3) is 4.46. The van der Waals surface area contributed by atoms with E-state index >= 15 is 0 Å². The van der Waals surface area contributed by atoms with Gasteiger partial charge < -0.3 is 9.47 Å². The second kappa shape index (κ2) is 9.15. The zero-order valence-corrected chi connectivity index (χ0v) is 17.5. The average molecular weight is 431 g/mol. The van der Waals surface area contributed by atoms with Crippen LogP contribution >= 0.6 is 23.4 Å². The predicted octanol–water partition coefficient (Wildman–Crippen LogP) is 4.23. The van der Waals surface area contributed by atoms with Crippen LogP contribution in [0.3, 0.4) is 0 Å². The number of benzene rings is 2. The smallest absolute Gasteiger partial charge is 0.262 e. The number of methoxy groups -OCH3 is 2. The molecule has 0 saturated carbocycles. The van der Waals surface area contributed by atoms with Crippen LogP contribution in [0, 0.1) is 0 Å². The molecule has 150 valence electrons. The van der Waals surface area contributed by atoms with E-state index in [1.165, 1.54) is 30.5 Å². The van der Waals surface area contributed by atoms with E-state index in [4.69, 9.17) is 21.1 Å². The number of Topliss-reactive ketones (excluding diaryl/α,β-unsaturated/α-hetero) is 1. The quantitative estimate of drug-likeness (QED) is 0.230. The van der Waals surface area contributed by atoms with E-state index in [2.05, 4.69) is 11.6 Å². The minimum absolute atomic E-state index is 0.102. The molecular formula is C21H19ClN2O4S. The molecule has 0 N–H and O–H groups in total. The maximum Gasteiger partial charge on any atom is 0.262 e. The molecule has 3 rings (SSSR count). The molecule has 0 amide bonds. The highest BCUT2D eigenvalue weighted by Gasteiger charge is 2.15. The fourth-order valence-corrected chi connectivity index (χ4v) is 3.87. The summed E-state index contributed by atoms with van der Waals surface area (Å²) < 4.78 is 11.9. The third-order valence-corrected chi connectivity index (χ3v) is 5.44. The first-order valence-electron chi connectivity index (χ1n) is 8.67. The molecule has 0 spiro atoms. The highest BCUT2D eigenvalue weighted by Crippen LogP contribution is 2.28. The summed E-state index contributed by atoms with van der Waals surface area (Å²) in [7, 11) is 3.05. The van der Waals surface area contributed by atoms with Crippen LogP contribution in [-0.2, 0) is 6.54 Å². The number of fused-ring (bicyclic) bond motifs is 1. The van der Waals surface area contributed by atoms with Gasteiger partial charge in [0.25, 0.3) is 5.56 Å². The summed E-state index contributed by atoms with van der Waals surface area (Å²) in [5.74, 6) is 1.00. The lowest BCUT2D eigenvalue weighted by Crippen LogP contribution is -2.23. The Kier molecular flexibility index (Phi) is 6.61. The van der Waals surface area contributed by atoms with Gasteiger partial charge in [-0.15, -0.1) is 6.58 Å². The van der Waals surface area contributed by atoms with Gasteiger partial charge in [0.1, 0.15) is 0 Å². The highest BCUT2D eigenvalue weighted by molar-refractivity contribution is 7.99. The molecule has 0 aliphatic heterocycles. The standard InChI is InChI=1S/C21H19ClN2O4S/c1-4-9-24-20(26)15-7-6-14(22)11-16(15)23-21(24)29-12-17(25)13-5-8-18(27-2)19(10-13)28-3/h4-8,10-11H,1,9,12H2,2-3H3. The van der Waals surface area contributed by atoms with Gasteiger partial charge in [0, 0.05) is 17.1 Å². The largest absolute Gasteiger partial charge is 0.493 e. The average Bonchev–Trinajstić information content (AvgIpc) is 2.73. The van der Waals surface area contributed by atoms with Crippen molar-refractivity contribution in [3.8, 4) is 11.5 Å². The molecule has 3 aromatic rings. The predicted molar refractivity (Wildman–Crippen MR) is 116 cm³/mol. The molecular weight excluding hydrogens is 412 g/mol. The SMILES string of the molecule is C=CCn1c(SCC(=O)c2ccc(OC)c(OC)c2)nc2cc(Cl)ccc2c1=O. The van der Waals surface area contributed by atoms with Crippen molar-refractivity contribution in [2.24, 2.45) is 0 Å².